The van der Waals surface area contributed by atoms with Crippen LogP contribution in [0.2, 0.25) is 0 Å². The standard InChI is InChI=1S/C11H13NO5S/c12-8-5-18(15,16)6-10(8)17-9-4-2-1-3-7(9)11(13)14/h1-4,8,10H,5-6,12H2,(H,13,14). The first-order valence-electron chi connectivity index (χ1n) is 5.34. The summed E-state index contributed by atoms with van der Waals surface area (Å²) in [6, 6.07) is 5.45. The summed E-state index contributed by atoms with van der Waals surface area (Å²) in [7, 11) is -3.20. The SMILES string of the molecule is NC1CS(=O)(=O)CC1Oc1ccccc1C(=O)O. The van der Waals surface area contributed by atoms with Crippen molar-refractivity contribution in [3.05, 3.63) is 29.8 Å². The normalized spacial score (nSPS) is 25.8. The number of carbonyl (C=O) groups is 1. The van der Waals surface area contributed by atoms with E-state index in [1.807, 2.05) is 0 Å². The molecule has 1 aromatic carbocycles. The molecule has 0 saturated carbocycles. The van der Waals surface area contributed by atoms with Crippen LogP contribution in [0.5, 0.6) is 5.75 Å². The Kier molecular flexibility index (Phi) is 3.27. The van der Waals surface area contributed by atoms with Crippen molar-refractivity contribution in [3.8, 4) is 5.75 Å². The second-order valence-corrected chi connectivity index (χ2v) is 6.35. The minimum absolute atomic E-state index is 0.00556. The fourth-order valence-electron chi connectivity index (χ4n) is 1.87. The summed E-state index contributed by atoms with van der Waals surface area (Å²) in [5.41, 5.74) is 5.67. The van der Waals surface area contributed by atoms with Gasteiger partial charge in [0.25, 0.3) is 0 Å². The lowest BCUT2D eigenvalue weighted by atomic mass is 10.2. The Hall–Kier alpha value is -1.60. The largest absolute Gasteiger partial charge is 0.487 e. The molecule has 0 radical (unpaired) electrons. The van der Waals surface area contributed by atoms with E-state index < -0.39 is 28.0 Å². The Morgan fingerprint density at radius 2 is 2.00 bits per heavy atom. The lowest BCUT2D eigenvalue weighted by Crippen LogP contribution is -2.37. The zero-order chi connectivity index (χ0) is 13.3. The van der Waals surface area contributed by atoms with E-state index in [1.54, 1.807) is 12.1 Å². The van der Waals surface area contributed by atoms with E-state index in [-0.39, 0.29) is 22.8 Å². The van der Waals surface area contributed by atoms with Gasteiger partial charge in [-0.3, -0.25) is 0 Å². The number of benzene rings is 1. The van der Waals surface area contributed by atoms with Crippen LogP contribution in [0.4, 0.5) is 0 Å². The Balaban J connectivity index is 2.23. The molecule has 18 heavy (non-hydrogen) atoms. The van der Waals surface area contributed by atoms with Crippen LogP contribution in [0, 0.1) is 0 Å². The van der Waals surface area contributed by atoms with Crippen molar-refractivity contribution in [1.82, 2.24) is 0 Å². The van der Waals surface area contributed by atoms with E-state index in [1.165, 1.54) is 12.1 Å². The number of para-hydroxylation sites is 1. The average Bonchev–Trinajstić information content (AvgIpc) is 2.52. The highest BCUT2D eigenvalue weighted by molar-refractivity contribution is 7.91. The number of aromatic carboxylic acids is 1. The van der Waals surface area contributed by atoms with Gasteiger partial charge < -0.3 is 15.6 Å². The molecule has 7 heteroatoms. The van der Waals surface area contributed by atoms with Gasteiger partial charge in [0, 0.05) is 0 Å². The summed E-state index contributed by atoms with van der Waals surface area (Å²) >= 11 is 0. The highest BCUT2D eigenvalue weighted by Gasteiger charge is 2.37. The summed E-state index contributed by atoms with van der Waals surface area (Å²) in [6.07, 6.45) is -0.699. The lowest BCUT2D eigenvalue weighted by Gasteiger charge is -2.17. The first-order chi connectivity index (χ1) is 8.39. The van der Waals surface area contributed by atoms with Crippen LogP contribution in [-0.2, 0) is 9.84 Å². The molecule has 0 spiro atoms. The summed E-state index contributed by atoms with van der Waals surface area (Å²) in [6.45, 7) is 0. The average molecular weight is 271 g/mol. The van der Waals surface area contributed by atoms with Crippen molar-refractivity contribution in [2.24, 2.45) is 5.73 Å². The van der Waals surface area contributed by atoms with Gasteiger partial charge in [-0.1, -0.05) is 12.1 Å². The summed E-state index contributed by atoms with van der Waals surface area (Å²) in [4.78, 5) is 11.0. The predicted molar refractivity (Wildman–Crippen MR) is 64.4 cm³/mol. The van der Waals surface area contributed by atoms with Gasteiger partial charge in [0.2, 0.25) is 0 Å². The second-order valence-electron chi connectivity index (χ2n) is 4.20. The highest BCUT2D eigenvalue weighted by Crippen LogP contribution is 2.23. The van der Waals surface area contributed by atoms with Gasteiger partial charge in [0.05, 0.1) is 17.5 Å². The predicted octanol–water partition coefficient (Wildman–Crippen LogP) is -0.112. The van der Waals surface area contributed by atoms with Crippen LogP contribution < -0.4 is 10.5 Å². The topological polar surface area (TPSA) is 107 Å². The molecule has 2 rings (SSSR count). The number of ether oxygens (including phenoxy) is 1. The van der Waals surface area contributed by atoms with Crippen molar-refractivity contribution in [2.45, 2.75) is 12.1 Å². The molecule has 2 unspecified atom stereocenters. The molecular formula is C11H13NO5S. The fraction of sp³-hybridized carbons (Fsp3) is 0.364. The first-order valence-corrected chi connectivity index (χ1v) is 7.16. The third kappa shape index (κ3) is 2.62. The lowest BCUT2D eigenvalue weighted by molar-refractivity contribution is 0.0689. The maximum atomic E-state index is 11.4. The van der Waals surface area contributed by atoms with Crippen molar-refractivity contribution < 1.29 is 23.1 Å². The summed E-state index contributed by atoms with van der Waals surface area (Å²) in [5.74, 6) is -1.29. The smallest absolute Gasteiger partial charge is 0.339 e. The van der Waals surface area contributed by atoms with Crippen molar-refractivity contribution >= 4 is 15.8 Å². The highest BCUT2D eigenvalue weighted by atomic mass is 32.2. The minimum atomic E-state index is -3.20. The van der Waals surface area contributed by atoms with Gasteiger partial charge in [0.15, 0.2) is 9.84 Å². The quantitative estimate of drug-likeness (QED) is 0.794. The molecule has 0 amide bonds. The summed E-state index contributed by atoms with van der Waals surface area (Å²) in [5, 5.41) is 8.98. The zero-order valence-corrected chi connectivity index (χ0v) is 10.3. The zero-order valence-electron chi connectivity index (χ0n) is 9.44. The monoisotopic (exact) mass is 271 g/mol. The molecular weight excluding hydrogens is 258 g/mol. The van der Waals surface area contributed by atoms with E-state index in [9.17, 15) is 13.2 Å². The van der Waals surface area contributed by atoms with Gasteiger partial charge >= 0.3 is 5.97 Å². The van der Waals surface area contributed by atoms with Gasteiger partial charge in [-0.15, -0.1) is 0 Å². The number of hydrogen-bond donors (Lipinski definition) is 2. The summed E-state index contributed by atoms with van der Waals surface area (Å²) < 4.78 is 28.2. The maximum Gasteiger partial charge on any atom is 0.339 e. The Bertz CT molecular complexity index is 569. The molecule has 98 valence electrons. The van der Waals surface area contributed by atoms with Crippen molar-refractivity contribution in [2.75, 3.05) is 11.5 Å². The minimum Gasteiger partial charge on any atom is -0.487 e. The number of carboxylic acids is 1. The van der Waals surface area contributed by atoms with Crippen LogP contribution in [0.1, 0.15) is 10.4 Å². The third-order valence-corrected chi connectivity index (χ3v) is 4.47. The number of nitrogens with two attached hydrogens (primary N) is 1. The molecule has 1 aliphatic heterocycles. The molecule has 0 aromatic heterocycles. The number of carboxylic acid groups (broad SMARTS) is 1. The van der Waals surface area contributed by atoms with E-state index in [0.717, 1.165) is 0 Å². The molecule has 0 bridgehead atoms. The second kappa shape index (κ2) is 4.58. The Morgan fingerprint density at radius 1 is 1.33 bits per heavy atom. The van der Waals surface area contributed by atoms with Crippen LogP contribution in [-0.4, -0.2) is 43.1 Å². The van der Waals surface area contributed by atoms with Crippen LogP contribution in [0.25, 0.3) is 0 Å². The Labute approximate surface area is 104 Å². The maximum absolute atomic E-state index is 11.4. The van der Waals surface area contributed by atoms with Crippen molar-refractivity contribution in [3.63, 3.8) is 0 Å². The van der Waals surface area contributed by atoms with E-state index >= 15 is 0 Å². The molecule has 1 aromatic rings. The van der Waals surface area contributed by atoms with Gasteiger partial charge in [-0.05, 0) is 12.1 Å². The molecule has 1 saturated heterocycles. The van der Waals surface area contributed by atoms with Gasteiger partial charge in [-0.2, -0.15) is 0 Å². The number of sulfone groups is 1. The van der Waals surface area contributed by atoms with Crippen LogP contribution in [0.3, 0.4) is 0 Å². The number of hydrogen-bond acceptors (Lipinski definition) is 5. The molecule has 2 atom stereocenters. The van der Waals surface area contributed by atoms with Crippen molar-refractivity contribution in [1.29, 1.82) is 0 Å². The molecule has 1 fully saturated rings. The molecule has 1 heterocycles. The van der Waals surface area contributed by atoms with E-state index in [0.29, 0.717) is 0 Å². The van der Waals surface area contributed by atoms with Gasteiger partial charge in [0.1, 0.15) is 17.4 Å². The van der Waals surface area contributed by atoms with Crippen LogP contribution >= 0.6 is 0 Å². The first kappa shape index (κ1) is 12.8. The molecule has 6 nitrogen and oxygen atoms in total. The third-order valence-electron chi connectivity index (χ3n) is 2.74. The van der Waals surface area contributed by atoms with Crippen LogP contribution in [0.15, 0.2) is 24.3 Å². The molecule has 0 aliphatic carbocycles. The fourth-order valence-corrected chi connectivity index (χ4v) is 3.63. The van der Waals surface area contributed by atoms with E-state index in [4.69, 9.17) is 15.6 Å². The van der Waals surface area contributed by atoms with Gasteiger partial charge in [-0.25, -0.2) is 13.2 Å². The van der Waals surface area contributed by atoms with E-state index in [2.05, 4.69) is 0 Å². The molecule has 3 N–H and O–H groups in total. The molecule has 1 aliphatic rings. The Morgan fingerprint density at radius 3 is 2.56 bits per heavy atom. The number of rotatable bonds is 3.